The minimum absolute atomic E-state index is 0.0906. The second kappa shape index (κ2) is 7.72. The van der Waals surface area contributed by atoms with E-state index in [4.69, 9.17) is 10.00 Å². The Morgan fingerprint density at radius 3 is 2.93 bits per heavy atom. The number of nitriles is 1. The first-order valence-corrected chi connectivity index (χ1v) is 9.69. The van der Waals surface area contributed by atoms with Gasteiger partial charge in [0, 0.05) is 23.5 Å². The molecule has 0 aliphatic carbocycles. The first-order chi connectivity index (χ1) is 13.6. The molecule has 1 aliphatic rings. The van der Waals surface area contributed by atoms with E-state index in [1.54, 1.807) is 18.5 Å². The Morgan fingerprint density at radius 2 is 2.18 bits per heavy atom. The van der Waals surface area contributed by atoms with E-state index in [9.17, 15) is 4.39 Å². The van der Waals surface area contributed by atoms with Crippen LogP contribution in [0.3, 0.4) is 0 Å². The minimum Gasteiger partial charge on any atom is -0.492 e. The van der Waals surface area contributed by atoms with Gasteiger partial charge in [0.1, 0.15) is 23.2 Å². The minimum atomic E-state index is -0.247. The Bertz CT molecular complexity index is 1020. The monoisotopic (exact) mass is 381 g/mol. The highest BCUT2D eigenvalue weighted by molar-refractivity contribution is 6.09. The average molecular weight is 381 g/mol. The Labute approximate surface area is 163 Å². The van der Waals surface area contributed by atoms with Crippen molar-refractivity contribution in [3.63, 3.8) is 0 Å². The smallest absolute Gasteiger partial charge is 0.142 e. The fraction of sp³-hybridized carbons (Fsp3) is 0.476. The predicted molar refractivity (Wildman–Crippen MR) is 106 cm³/mol. The number of alkyl halides is 1. The van der Waals surface area contributed by atoms with Crippen LogP contribution in [0.2, 0.25) is 0 Å². The van der Waals surface area contributed by atoms with Crippen LogP contribution >= 0.6 is 0 Å². The molecule has 4 rings (SSSR count). The number of halogens is 1. The summed E-state index contributed by atoms with van der Waals surface area (Å²) >= 11 is 0. The fourth-order valence-electron chi connectivity index (χ4n) is 3.87. The van der Waals surface area contributed by atoms with E-state index in [1.165, 1.54) is 0 Å². The van der Waals surface area contributed by atoms with Crippen molar-refractivity contribution >= 4 is 21.9 Å². The van der Waals surface area contributed by atoms with Gasteiger partial charge in [-0.1, -0.05) is 6.92 Å². The summed E-state index contributed by atoms with van der Waals surface area (Å²) in [5, 5.41) is 11.0. The third-order valence-electron chi connectivity index (χ3n) is 5.70. The lowest BCUT2D eigenvalue weighted by Gasteiger charge is -2.39. The number of hydrogen-bond acceptors (Lipinski definition) is 5. The number of nitrogens with zero attached hydrogens (tertiary/aromatic N) is 4. The largest absolute Gasteiger partial charge is 0.492 e. The maximum absolute atomic E-state index is 12.4. The molecule has 28 heavy (non-hydrogen) atoms. The number of fused-ring (bicyclic) bond motifs is 3. The lowest BCUT2D eigenvalue weighted by atomic mass is 9.81. The Kier molecular flexibility index (Phi) is 5.14. The van der Waals surface area contributed by atoms with Crippen LogP contribution in [-0.4, -0.2) is 52.8 Å². The maximum Gasteiger partial charge on any atom is 0.142 e. The number of rotatable bonds is 6. The molecule has 1 aliphatic heterocycles. The molecule has 1 fully saturated rings. The van der Waals surface area contributed by atoms with Gasteiger partial charge < -0.3 is 14.6 Å². The van der Waals surface area contributed by atoms with Crippen LogP contribution in [0.1, 0.15) is 31.9 Å². The first-order valence-electron chi connectivity index (χ1n) is 9.69. The SMILES string of the molecule is CC1(COc2ccnc3[nH]c4cnc(C#N)cc4c23)CCN(CCCF)CC1. The van der Waals surface area contributed by atoms with Crippen LogP contribution in [0, 0.1) is 16.7 Å². The van der Waals surface area contributed by atoms with Gasteiger partial charge in [-0.25, -0.2) is 9.97 Å². The van der Waals surface area contributed by atoms with Gasteiger partial charge >= 0.3 is 0 Å². The molecule has 4 heterocycles. The summed E-state index contributed by atoms with van der Waals surface area (Å²) in [6.45, 7) is 5.42. The Morgan fingerprint density at radius 1 is 1.36 bits per heavy atom. The van der Waals surface area contributed by atoms with Crippen molar-refractivity contribution in [1.29, 1.82) is 5.26 Å². The first kappa shape index (κ1) is 18.6. The second-order valence-electron chi connectivity index (χ2n) is 7.87. The molecule has 0 saturated carbocycles. The van der Waals surface area contributed by atoms with E-state index in [2.05, 4.69) is 32.8 Å². The third kappa shape index (κ3) is 3.65. The molecule has 0 bridgehead atoms. The summed E-state index contributed by atoms with van der Waals surface area (Å²) in [6.07, 6.45) is 6.07. The van der Waals surface area contributed by atoms with Gasteiger partial charge in [0.15, 0.2) is 0 Å². The van der Waals surface area contributed by atoms with E-state index in [1.807, 2.05) is 6.07 Å². The summed E-state index contributed by atoms with van der Waals surface area (Å²) in [6, 6.07) is 5.74. The zero-order valence-electron chi connectivity index (χ0n) is 16.0. The molecule has 3 aromatic heterocycles. The molecular formula is C21H24FN5O. The molecule has 3 aromatic rings. The number of hydrogen-bond donors (Lipinski definition) is 1. The molecule has 6 nitrogen and oxygen atoms in total. The lowest BCUT2D eigenvalue weighted by molar-refractivity contribution is 0.0683. The number of nitrogens with one attached hydrogen (secondary N) is 1. The number of H-pyrrole nitrogens is 1. The van der Waals surface area contributed by atoms with Gasteiger partial charge in [-0.3, -0.25) is 4.39 Å². The van der Waals surface area contributed by atoms with Gasteiger partial charge in [0.05, 0.1) is 30.4 Å². The topological polar surface area (TPSA) is 77.8 Å². The van der Waals surface area contributed by atoms with Crippen LogP contribution in [0.5, 0.6) is 5.75 Å². The zero-order chi connectivity index (χ0) is 19.6. The zero-order valence-corrected chi connectivity index (χ0v) is 16.0. The molecule has 0 spiro atoms. The average Bonchev–Trinajstić information content (AvgIpc) is 3.10. The van der Waals surface area contributed by atoms with E-state index in [-0.39, 0.29) is 12.1 Å². The van der Waals surface area contributed by atoms with E-state index in [0.29, 0.717) is 18.7 Å². The number of piperidine rings is 1. The molecule has 0 radical (unpaired) electrons. The highest BCUT2D eigenvalue weighted by Gasteiger charge is 2.31. The molecule has 1 saturated heterocycles. The molecule has 0 atom stereocenters. The number of ether oxygens (including phenoxy) is 1. The van der Waals surface area contributed by atoms with Crippen LogP contribution in [0.15, 0.2) is 24.5 Å². The van der Waals surface area contributed by atoms with Gasteiger partial charge in [0.2, 0.25) is 0 Å². The van der Waals surface area contributed by atoms with Crippen molar-refractivity contribution < 1.29 is 9.13 Å². The van der Waals surface area contributed by atoms with Crippen molar-refractivity contribution in [2.45, 2.75) is 26.2 Å². The Hall–Kier alpha value is -2.72. The predicted octanol–water partition coefficient (Wildman–Crippen LogP) is 3.82. The highest BCUT2D eigenvalue weighted by atomic mass is 19.1. The third-order valence-corrected chi connectivity index (χ3v) is 5.70. The molecule has 7 heteroatoms. The standard InChI is InChI=1S/C21H24FN5O/c1-21(4-9-27(10-5-21)8-2-6-22)14-28-18-3-7-24-20-19(18)16-11-15(12-23)25-13-17(16)26-20/h3,7,11,13H,2,4-6,8-10,14H2,1H3,(H,24,26). The summed E-state index contributed by atoms with van der Waals surface area (Å²) in [4.78, 5) is 14.1. The number of pyridine rings is 2. The normalized spacial score (nSPS) is 17.0. The van der Waals surface area contributed by atoms with Crippen molar-refractivity contribution in [1.82, 2.24) is 19.9 Å². The van der Waals surface area contributed by atoms with E-state index >= 15 is 0 Å². The van der Waals surface area contributed by atoms with Gasteiger partial charge in [0.25, 0.3) is 0 Å². The summed E-state index contributed by atoms with van der Waals surface area (Å²) in [7, 11) is 0. The van der Waals surface area contributed by atoms with Crippen LogP contribution < -0.4 is 4.74 Å². The van der Waals surface area contributed by atoms with E-state index in [0.717, 1.165) is 60.2 Å². The maximum atomic E-state index is 12.4. The molecule has 146 valence electrons. The van der Waals surface area contributed by atoms with Gasteiger partial charge in [-0.2, -0.15) is 5.26 Å². The molecule has 0 unspecified atom stereocenters. The Balaban J connectivity index is 1.53. The van der Waals surface area contributed by atoms with Crippen molar-refractivity contribution in [2.24, 2.45) is 5.41 Å². The quantitative estimate of drug-likeness (QED) is 0.702. The van der Waals surface area contributed by atoms with Gasteiger partial charge in [-0.05, 0) is 44.5 Å². The summed E-state index contributed by atoms with van der Waals surface area (Å²) < 4.78 is 18.7. The van der Waals surface area contributed by atoms with E-state index < -0.39 is 0 Å². The summed E-state index contributed by atoms with van der Waals surface area (Å²) in [5.74, 6) is 0.771. The fourth-order valence-corrected chi connectivity index (χ4v) is 3.87. The number of aromatic nitrogens is 3. The second-order valence-corrected chi connectivity index (χ2v) is 7.87. The molecule has 1 N–H and O–H groups in total. The molecule has 0 aromatic carbocycles. The highest BCUT2D eigenvalue weighted by Crippen LogP contribution is 2.35. The summed E-state index contributed by atoms with van der Waals surface area (Å²) in [5.41, 5.74) is 2.03. The van der Waals surface area contributed by atoms with Crippen molar-refractivity contribution in [3.8, 4) is 11.8 Å². The molecule has 0 amide bonds. The molecular weight excluding hydrogens is 357 g/mol. The van der Waals surface area contributed by atoms with Crippen molar-refractivity contribution in [2.75, 3.05) is 32.9 Å². The lowest BCUT2D eigenvalue weighted by Crippen LogP contribution is -2.41. The van der Waals surface area contributed by atoms with Crippen LogP contribution in [-0.2, 0) is 0 Å². The number of likely N-dealkylation sites (tertiary alicyclic amines) is 1. The number of aromatic amines is 1. The van der Waals surface area contributed by atoms with Crippen LogP contribution in [0.25, 0.3) is 21.9 Å². The van der Waals surface area contributed by atoms with Crippen LogP contribution in [0.4, 0.5) is 4.39 Å². The van der Waals surface area contributed by atoms with Crippen molar-refractivity contribution in [3.05, 3.63) is 30.2 Å². The van der Waals surface area contributed by atoms with Gasteiger partial charge in [-0.15, -0.1) is 0 Å².